The molecule has 0 amide bonds. The molecule has 1 atom stereocenters. The van der Waals surface area contributed by atoms with Gasteiger partial charge in [0, 0.05) is 19.7 Å². The van der Waals surface area contributed by atoms with E-state index in [9.17, 15) is 8.42 Å². The molecule has 0 spiro atoms. The number of hydrogen-bond acceptors (Lipinski definition) is 4. The normalized spacial score (nSPS) is 19.3. The van der Waals surface area contributed by atoms with Gasteiger partial charge in [0.25, 0.3) is 0 Å². The summed E-state index contributed by atoms with van der Waals surface area (Å²) in [5.74, 6) is 0.0584. The lowest BCUT2D eigenvalue weighted by atomic mass is 10.1. The molecule has 0 aromatic heterocycles. The molecule has 2 rings (SSSR count). The fourth-order valence-electron chi connectivity index (χ4n) is 2.49. The largest absolute Gasteiger partial charge is 0.377 e. The van der Waals surface area contributed by atoms with E-state index in [0.29, 0.717) is 13.2 Å². The van der Waals surface area contributed by atoms with Gasteiger partial charge in [-0.3, -0.25) is 0 Å². The first kappa shape index (κ1) is 16.4. The maximum absolute atomic E-state index is 12.1. The van der Waals surface area contributed by atoms with Crippen molar-refractivity contribution in [2.45, 2.75) is 32.0 Å². The molecule has 1 N–H and O–H groups in total. The van der Waals surface area contributed by atoms with Crippen LogP contribution in [-0.4, -0.2) is 45.9 Å². The van der Waals surface area contributed by atoms with Crippen LogP contribution in [0.5, 0.6) is 0 Å². The number of nitrogens with one attached hydrogen (secondary N) is 1. The first-order valence-corrected chi connectivity index (χ1v) is 8.92. The van der Waals surface area contributed by atoms with Crippen molar-refractivity contribution in [2.24, 2.45) is 0 Å². The minimum atomic E-state index is -3.30. The maximum atomic E-state index is 12.1. The van der Waals surface area contributed by atoms with Crippen LogP contribution in [0, 0.1) is 0 Å². The molecule has 1 aromatic carbocycles. The van der Waals surface area contributed by atoms with Crippen molar-refractivity contribution < 1.29 is 13.2 Å². The van der Waals surface area contributed by atoms with Gasteiger partial charge in [0.05, 0.1) is 11.9 Å². The lowest BCUT2D eigenvalue weighted by Crippen LogP contribution is -2.32. The average molecular weight is 312 g/mol. The molecule has 1 heterocycles. The summed E-state index contributed by atoms with van der Waals surface area (Å²) >= 11 is 0. The number of rotatable bonds is 7. The summed E-state index contributed by atoms with van der Waals surface area (Å²) in [5, 5.41) is 0. The lowest BCUT2D eigenvalue weighted by molar-refractivity contribution is 0.127. The van der Waals surface area contributed by atoms with Crippen LogP contribution in [-0.2, 0) is 27.8 Å². The Hall–Kier alpha value is -0.950. The molecular weight excluding hydrogens is 288 g/mol. The van der Waals surface area contributed by atoms with E-state index in [1.165, 1.54) is 0 Å². The van der Waals surface area contributed by atoms with E-state index in [2.05, 4.69) is 9.62 Å². The second kappa shape index (κ2) is 7.35. The average Bonchev–Trinajstić information content (AvgIpc) is 2.89. The van der Waals surface area contributed by atoms with Gasteiger partial charge >= 0.3 is 0 Å². The van der Waals surface area contributed by atoms with Crippen molar-refractivity contribution in [3.63, 3.8) is 0 Å². The summed E-state index contributed by atoms with van der Waals surface area (Å²) < 4.78 is 32.3. The first-order chi connectivity index (χ1) is 9.96. The van der Waals surface area contributed by atoms with Gasteiger partial charge in [-0.1, -0.05) is 24.3 Å². The number of ether oxygens (including phenoxy) is 1. The third-order valence-corrected chi connectivity index (χ3v) is 4.91. The Kier molecular flexibility index (Phi) is 5.75. The molecule has 5 nitrogen and oxygen atoms in total. The van der Waals surface area contributed by atoms with Gasteiger partial charge < -0.3 is 9.64 Å². The zero-order valence-corrected chi connectivity index (χ0v) is 13.5. The number of sulfonamides is 1. The van der Waals surface area contributed by atoms with E-state index in [4.69, 9.17) is 4.74 Å². The molecular formula is C15H24N2O3S. The van der Waals surface area contributed by atoms with E-state index in [-0.39, 0.29) is 11.9 Å². The number of nitrogens with zero attached hydrogens (tertiary/aromatic N) is 1. The summed E-state index contributed by atoms with van der Waals surface area (Å²) in [6.07, 6.45) is 1.63. The summed E-state index contributed by atoms with van der Waals surface area (Å²) in [5.41, 5.74) is 2.16. The molecule has 1 aromatic rings. The Morgan fingerprint density at radius 1 is 1.29 bits per heavy atom. The summed E-state index contributed by atoms with van der Waals surface area (Å²) in [4.78, 5) is 2.07. The van der Waals surface area contributed by atoms with Crippen molar-refractivity contribution in [2.75, 3.05) is 26.5 Å². The molecule has 1 saturated heterocycles. The third-order valence-electron chi connectivity index (χ3n) is 3.52. The minimum Gasteiger partial charge on any atom is -0.377 e. The molecule has 0 saturated carbocycles. The van der Waals surface area contributed by atoms with Crippen molar-refractivity contribution in [3.8, 4) is 0 Å². The molecule has 21 heavy (non-hydrogen) atoms. The molecule has 1 aliphatic heterocycles. The number of benzene rings is 1. The highest BCUT2D eigenvalue weighted by molar-refractivity contribution is 7.89. The van der Waals surface area contributed by atoms with E-state index in [0.717, 1.165) is 30.5 Å². The Balaban J connectivity index is 1.95. The van der Waals surface area contributed by atoms with Crippen molar-refractivity contribution in [1.82, 2.24) is 9.62 Å². The van der Waals surface area contributed by atoms with Crippen LogP contribution in [0.4, 0.5) is 0 Å². The van der Waals surface area contributed by atoms with Gasteiger partial charge in [-0.25, -0.2) is 13.1 Å². The van der Waals surface area contributed by atoms with Gasteiger partial charge in [-0.05, 0) is 38.1 Å². The van der Waals surface area contributed by atoms with Gasteiger partial charge in [0.1, 0.15) is 0 Å². The smallest absolute Gasteiger partial charge is 0.214 e. The van der Waals surface area contributed by atoms with Gasteiger partial charge in [-0.15, -0.1) is 0 Å². The lowest BCUT2D eigenvalue weighted by Gasteiger charge is -2.15. The van der Waals surface area contributed by atoms with Gasteiger partial charge in [0.15, 0.2) is 0 Å². The zero-order valence-electron chi connectivity index (χ0n) is 12.7. The molecule has 0 aliphatic carbocycles. The van der Waals surface area contributed by atoms with E-state index in [1.54, 1.807) is 0 Å². The monoisotopic (exact) mass is 312 g/mol. The van der Waals surface area contributed by atoms with Gasteiger partial charge in [0.2, 0.25) is 10.0 Å². The number of hydrogen-bond donors (Lipinski definition) is 1. The van der Waals surface area contributed by atoms with Gasteiger partial charge in [-0.2, -0.15) is 0 Å². The van der Waals surface area contributed by atoms with Crippen LogP contribution in [0.2, 0.25) is 0 Å². The van der Waals surface area contributed by atoms with Crippen LogP contribution in [0.3, 0.4) is 0 Å². The maximum Gasteiger partial charge on any atom is 0.214 e. The summed E-state index contributed by atoms with van der Waals surface area (Å²) in [7, 11) is 0.700. The highest BCUT2D eigenvalue weighted by Gasteiger charge is 2.23. The molecule has 0 radical (unpaired) electrons. The van der Waals surface area contributed by atoms with E-state index >= 15 is 0 Å². The van der Waals surface area contributed by atoms with Crippen molar-refractivity contribution in [1.29, 1.82) is 0 Å². The molecule has 1 unspecified atom stereocenters. The van der Waals surface area contributed by atoms with Crippen LogP contribution in [0.25, 0.3) is 0 Å². The minimum absolute atomic E-state index is 0.0584. The Morgan fingerprint density at radius 2 is 2.00 bits per heavy atom. The van der Waals surface area contributed by atoms with Crippen molar-refractivity contribution >= 4 is 10.0 Å². The van der Waals surface area contributed by atoms with Crippen LogP contribution in [0.15, 0.2) is 24.3 Å². The second-order valence-electron chi connectivity index (χ2n) is 5.74. The third kappa shape index (κ3) is 5.39. The SMILES string of the molecule is CN(C)Cc1ccccc1CNS(=O)(=O)CC1CCCO1. The van der Waals surface area contributed by atoms with Crippen LogP contribution in [0.1, 0.15) is 24.0 Å². The molecule has 1 fully saturated rings. The van der Waals surface area contributed by atoms with Crippen molar-refractivity contribution in [3.05, 3.63) is 35.4 Å². The highest BCUT2D eigenvalue weighted by atomic mass is 32.2. The van der Waals surface area contributed by atoms with E-state index < -0.39 is 10.0 Å². The van der Waals surface area contributed by atoms with Crippen LogP contribution >= 0.6 is 0 Å². The van der Waals surface area contributed by atoms with Crippen LogP contribution < -0.4 is 4.72 Å². The predicted molar refractivity (Wildman–Crippen MR) is 83.4 cm³/mol. The standard InChI is InChI=1S/C15H24N2O3S/c1-17(2)11-14-7-4-3-6-13(14)10-16-21(18,19)12-15-8-5-9-20-15/h3-4,6-7,15-16H,5,8-12H2,1-2H3. The Morgan fingerprint density at radius 3 is 2.62 bits per heavy atom. The molecule has 1 aliphatic rings. The highest BCUT2D eigenvalue weighted by Crippen LogP contribution is 2.14. The first-order valence-electron chi connectivity index (χ1n) is 7.27. The quantitative estimate of drug-likeness (QED) is 0.825. The summed E-state index contributed by atoms with van der Waals surface area (Å²) in [6.45, 7) is 1.80. The fourth-order valence-corrected chi connectivity index (χ4v) is 3.74. The second-order valence-corrected chi connectivity index (χ2v) is 7.60. The molecule has 6 heteroatoms. The molecule has 0 bridgehead atoms. The summed E-state index contributed by atoms with van der Waals surface area (Å²) in [6, 6.07) is 7.91. The topological polar surface area (TPSA) is 58.6 Å². The predicted octanol–water partition coefficient (Wildman–Crippen LogP) is 1.35. The van der Waals surface area contributed by atoms with E-state index in [1.807, 2.05) is 38.4 Å². The zero-order chi connectivity index (χ0) is 15.3. The fraction of sp³-hybridized carbons (Fsp3) is 0.600. The molecule has 118 valence electrons. The Labute approximate surface area is 127 Å². The Bertz CT molecular complexity index is 552.